The number of hydrogen-bond donors (Lipinski definition) is 0. The molecule has 0 aromatic heterocycles. The summed E-state index contributed by atoms with van der Waals surface area (Å²) in [5.41, 5.74) is 1.58. The van der Waals surface area contributed by atoms with Gasteiger partial charge in [0.05, 0.1) is 29.9 Å². The van der Waals surface area contributed by atoms with Gasteiger partial charge in [-0.1, -0.05) is 19.1 Å². The van der Waals surface area contributed by atoms with Gasteiger partial charge in [0.2, 0.25) is 11.9 Å². The molecule has 116 valence electrons. The van der Waals surface area contributed by atoms with E-state index < -0.39 is 0 Å². The molecule has 0 aliphatic carbocycles. The summed E-state index contributed by atoms with van der Waals surface area (Å²) in [7, 11) is 0. The fraction of sp³-hybridized carbons (Fsp3) is 0.438. The van der Waals surface area contributed by atoms with E-state index in [4.69, 9.17) is 4.74 Å². The van der Waals surface area contributed by atoms with Crippen molar-refractivity contribution in [1.29, 1.82) is 0 Å². The molecular formula is C16H19N3O3. The molecule has 0 radical (unpaired) electrons. The number of para-hydroxylation sites is 2. The van der Waals surface area contributed by atoms with Crippen molar-refractivity contribution in [3.63, 3.8) is 0 Å². The van der Waals surface area contributed by atoms with E-state index in [-0.39, 0.29) is 30.4 Å². The Kier molecular flexibility index (Phi) is 3.60. The molecule has 1 amide bonds. The van der Waals surface area contributed by atoms with Crippen molar-refractivity contribution in [2.45, 2.75) is 26.8 Å². The maximum atomic E-state index is 12.6. The molecule has 0 fully saturated rings. The molecule has 2 aliphatic rings. The first-order chi connectivity index (χ1) is 10.5. The topological polar surface area (TPSA) is 62.2 Å². The Morgan fingerprint density at radius 3 is 2.64 bits per heavy atom. The second kappa shape index (κ2) is 5.44. The number of rotatable bonds is 3. The normalized spacial score (nSPS) is 23.0. The third-order valence-electron chi connectivity index (χ3n) is 4.10. The summed E-state index contributed by atoms with van der Waals surface area (Å²) in [6, 6.07) is 7.40. The van der Waals surface area contributed by atoms with Crippen molar-refractivity contribution < 1.29 is 14.3 Å². The van der Waals surface area contributed by atoms with E-state index in [9.17, 15) is 9.59 Å². The van der Waals surface area contributed by atoms with Crippen molar-refractivity contribution in [3.05, 3.63) is 24.3 Å². The van der Waals surface area contributed by atoms with Crippen LogP contribution < -0.4 is 9.80 Å². The second-order valence-electron chi connectivity index (χ2n) is 5.51. The molecule has 22 heavy (non-hydrogen) atoms. The van der Waals surface area contributed by atoms with Gasteiger partial charge in [0.1, 0.15) is 6.54 Å². The minimum absolute atomic E-state index is 0.0105. The molecule has 6 heteroatoms. The Hall–Kier alpha value is -2.37. The standard InChI is InChI=1S/C16H19N3O3/c1-4-22-14(20)9-18-12-7-5-6-8-13(12)19-15(21)10(2)11(3)17-16(18)19/h5-8,10-11H,4,9H2,1-3H3. The molecule has 2 heterocycles. The van der Waals surface area contributed by atoms with Gasteiger partial charge in [-0.25, -0.2) is 9.89 Å². The lowest BCUT2D eigenvalue weighted by Gasteiger charge is -2.31. The predicted octanol–water partition coefficient (Wildman–Crippen LogP) is 1.80. The lowest BCUT2D eigenvalue weighted by Crippen LogP contribution is -2.51. The molecule has 0 saturated heterocycles. The number of amides is 1. The van der Waals surface area contributed by atoms with Crippen LogP contribution in [0.5, 0.6) is 0 Å². The van der Waals surface area contributed by atoms with Crippen LogP contribution in [0, 0.1) is 5.92 Å². The van der Waals surface area contributed by atoms with E-state index in [2.05, 4.69) is 4.99 Å². The van der Waals surface area contributed by atoms with Gasteiger partial charge in [-0.05, 0) is 26.0 Å². The molecule has 3 rings (SSSR count). The highest BCUT2D eigenvalue weighted by Crippen LogP contribution is 2.40. The maximum absolute atomic E-state index is 12.6. The average molecular weight is 301 g/mol. The lowest BCUT2D eigenvalue weighted by atomic mass is 10.0. The number of guanidine groups is 1. The van der Waals surface area contributed by atoms with E-state index in [0.717, 1.165) is 11.4 Å². The van der Waals surface area contributed by atoms with E-state index in [1.807, 2.05) is 38.1 Å². The number of ether oxygens (including phenoxy) is 1. The monoisotopic (exact) mass is 301 g/mol. The van der Waals surface area contributed by atoms with Gasteiger partial charge in [0.15, 0.2) is 0 Å². The van der Waals surface area contributed by atoms with Gasteiger partial charge in [-0.15, -0.1) is 0 Å². The molecule has 1 aromatic carbocycles. The summed E-state index contributed by atoms with van der Waals surface area (Å²) >= 11 is 0. The number of carbonyl (C=O) groups is 2. The highest BCUT2D eigenvalue weighted by molar-refractivity contribution is 6.30. The van der Waals surface area contributed by atoms with Crippen LogP contribution >= 0.6 is 0 Å². The number of fused-ring (bicyclic) bond motifs is 3. The first-order valence-electron chi connectivity index (χ1n) is 7.48. The molecular weight excluding hydrogens is 282 g/mol. The minimum Gasteiger partial charge on any atom is -0.465 e. The fourth-order valence-corrected chi connectivity index (χ4v) is 2.76. The third-order valence-corrected chi connectivity index (χ3v) is 4.10. The zero-order chi connectivity index (χ0) is 15.9. The molecule has 0 saturated carbocycles. The van der Waals surface area contributed by atoms with Crippen LogP contribution in [0.25, 0.3) is 0 Å². The zero-order valence-corrected chi connectivity index (χ0v) is 12.9. The number of hydrogen-bond acceptors (Lipinski definition) is 5. The van der Waals surface area contributed by atoms with Gasteiger partial charge in [0, 0.05) is 0 Å². The van der Waals surface area contributed by atoms with Crippen LogP contribution in [0.2, 0.25) is 0 Å². The van der Waals surface area contributed by atoms with E-state index in [0.29, 0.717) is 12.6 Å². The first-order valence-corrected chi connectivity index (χ1v) is 7.48. The largest absolute Gasteiger partial charge is 0.465 e. The quantitative estimate of drug-likeness (QED) is 0.799. The molecule has 2 atom stereocenters. The summed E-state index contributed by atoms with van der Waals surface area (Å²) < 4.78 is 5.03. The van der Waals surface area contributed by atoms with Crippen molar-refractivity contribution in [3.8, 4) is 0 Å². The Labute approximate surface area is 129 Å². The Balaban J connectivity index is 2.04. The first kappa shape index (κ1) is 14.6. The summed E-state index contributed by atoms with van der Waals surface area (Å²) in [6.07, 6.45) is 0. The van der Waals surface area contributed by atoms with Crippen LogP contribution in [0.3, 0.4) is 0 Å². The fourth-order valence-electron chi connectivity index (χ4n) is 2.76. The van der Waals surface area contributed by atoms with Gasteiger partial charge in [-0.3, -0.25) is 14.5 Å². The zero-order valence-electron chi connectivity index (χ0n) is 12.9. The predicted molar refractivity (Wildman–Crippen MR) is 84.0 cm³/mol. The van der Waals surface area contributed by atoms with Gasteiger partial charge in [0.25, 0.3) is 0 Å². The summed E-state index contributed by atoms with van der Waals surface area (Å²) in [5, 5.41) is 0. The van der Waals surface area contributed by atoms with Crippen molar-refractivity contribution in [2.24, 2.45) is 10.9 Å². The van der Waals surface area contributed by atoms with Crippen molar-refractivity contribution in [2.75, 3.05) is 23.0 Å². The smallest absolute Gasteiger partial charge is 0.326 e. The summed E-state index contributed by atoms with van der Waals surface area (Å²) in [5.74, 6) is 0.0149. The highest BCUT2D eigenvalue weighted by atomic mass is 16.5. The van der Waals surface area contributed by atoms with Crippen LogP contribution in [-0.2, 0) is 14.3 Å². The number of carbonyl (C=O) groups excluding carboxylic acids is 2. The SMILES string of the molecule is CCOC(=O)CN1C2=NC(C)C(C)C(=O)N2c2ccccc21. The van der Waals surface area contributed by atoms with Gasteiger partial charge < -0.3 is 4.74 Å². The molecule has 1 aromatic rings. The molecule has 2 aliphatic heterocycles. The minimum atomic E-state index is -0.333. The second-order valence-corrected chi connectivity index (χ2v) is 5.51. The Morgan fingerprint density at radius 2 is 1.95 bits per heavy atom. The number of aliphatic imine (C=N–C) groups is 1. The van der Waals surface area contributed by atoms with Crippen LogP contribution in [-0.4, -0.2) is 37.0 Å². The number of esters is 1. The maximum Gasteiger partial charge on any atom is 0.326 e. The number of nitrogens with zero attached hydrogens (tertiary/aromatic N) is 3. The van der Waals surface area contributed by atoms with Crippen LogP contribution in [0.15, 0.2) is 29.3 Å². The number of benzene rings is 1. The Morgan fingerprint density at radius 1 is 1.27 bits per heavy atom. The van der Waals surface area contributed by atoms with Gasteiger partial charge in [-0.2, -0.15) is 0 Å². The average Bonchev–Trinajstić information content (AvgIpc) is 2.79. The van der Waals surface area contributed by atoms with Crippen molar-refractivity contribution in [1.82, 2.24) is 0 Å². The summed E-state index contributed by atoms with van der Waals surface area (Å²) in [4.78, 5) is 32.5. The van der Waals surface area contributed by atoms with Crippen LogP contribution in [0.4, 0.5) is 11.4 Å². The van der Waals surface area contributed by atoms with E-state index >= 15 is 0 Å². The van der Waals surface area contributed by atoms with Crippen LogP contribution in [0.1, 0.15) is 20.8 Å². The highest BCUT2D eigenvalue weighted by Gasteiger charge is 2.43. The molecule has 0 spiro atoms. The molecule has 2 unspecified atom stereocenters. The van der Waals surface area contributed by atoms with E-state index in [1.54, 1.807) is 16.7 Å². The molecule has 6 nitrogen and oxygen atoms in total. The van der Waals surface area contributed by atoms with E-state index in [1.165, 1.54) is 0 Å². The van der Waals surface area contributed by atoms with Gasteiger partial charge >= 0.3 is 5.97 Å². The summed E-state index contributed by atoms with van der Waals surface area (Å²) in [6.45, 7) is 5.95. The Bertz CT molecular complexity index is 656. The molecule has 0 N–H and O–H groups in total. The lowest BCUT2D eigenvalue weighted by molar-refractivity contribution is -0.141. The number of anilines is 2. The third kappa shape index (κ3) is 2.15. The van der Waals surface area contributed by atoms with Crippen molar-refractivity contribution >= 4 is 29.2 Å². The molecule has 0 bridgehead atoms.